The number of esters is 1. The number of benzene rings is 2. The summed E-state index contributed by atoms with van der Waals surface area (Å²) < 4.78 is 68.0. The number of pyridine rings is 1. The third-order valence-corrected chi connectivity index (χ3v) is 6.01. The first-order chi connectivity index (χ1) is 22.1. The maximum absolute atomic E-state index is 14.0. The van der Waals surface area contributed by atoms with Crippen LogP contribution in [-0.4, -0.2) is 72.6 Å². The number of hydrazine groups is 1. The number of hydrogen-bond donors (Lipinski definition) is 5. The molecule has 47 heavy (non-hydrogen) atoms. The van der Waals surface area contributed by atoms with Crippen LogP contribution >= 0.6 is 0 Å². The Hall–Kier alpha value is -5.94. The Bertz CT molecular complexity index is 1640. The van der Waals surface area contributed by atoms with E-state index in [1.807, 2.05) is 0 Å². The van der Waals surface area contributed by atoms with Crippen LogP contribution in [0.5, 0.6) is 11.5 Å². The van der Waals surface area contributed by atoms with Crippen LogP contribution in [0.4, 0.5) is 23.2 Å². The van der Waals surface area contributed by atoms with Gasteiger partial charge in [-0.2, -0.15) is 13.2 Å². The van der Waals surface area contributed by atoms with Crippen molar-refractivity contribution in [1.82, 2.24) is 20.7 Å². The van der Waals surface area contributed by atoms with Crippen molar-refractivity contribution in [3.8, 4) is 11.5 Å². The summed E-state index contributed by atoms with van der Waals surface area (Å²) in [5.74, 6) is -7.31. The van der Waals surface area contributed by atoms with Gasteiger partial charge in [0.2, 0.25) is 0 Å². The average molecular weight is 664 g/mol. The first-order valence-corrected chi connectivity index (χ1v) is 13.4. The van der Waals surface area contributed by atoms with Crippen LogP contribution in [0.25, 0.3) is 0 Å². The Balaban J connectivity index is 1.97. The SMILES string of the molecule is CCOc1cc(C(Nc2ccc(C(=N)N)cc2)C(=O)NNC(=O)c2ccncc2F)ccc1OC(OC(=O)C(F)(F)F)C(=O)N(C)C. The van der Waals surface area contributed by atoms with Gasteiger partial charge < -0.3 is 30.2 Å². The Kier molecular flexibility index (Phi) is 11.6. The van der Waals surface area contributed by atoms with Crippen LogP contribution in [-0.2, 0) is 19.1 Å². The zero-order valence-electron chi connectivity index (χ0n) is 25.0. The summed E-state index contributed by atoms with van der Waals surface area (Å²) in [6.07, 6.45) is -5.79. The summed E-state index contributed by atoms with van der Waals surface area (Å²) in [6.45, 7) is 1.55. The van der Waals surface area contributed by atoms with Gasteiger partial charge >= 0.3 is 24.3 Å². The molecule has 0 radical (unpaired) electrons. The summed E-state index contributed by atoms with van der Waals surface area (Å²) in [5.41, 5.74) is 10.3. The predicted molar refractivity (Wildman–Crippen MR) is 156 cm³/mol. The number of rotatable bonds is 12. The van der Waals surface area contributed by atoms with E-state index in [0.717, 1.165) is 23.2 Å². The molecule has 250 valence electrons. The van der Waals surface area contributed by atoms with Gasteiger partial charge in [0.1, 0.15) is 11.9 Å². The number of hydrogen-bond acceptors (Lipinski definition) is 10. The van der Waals surface area contributed by atoms with E-state index in [4.69, 9.17) is 20.6 Å². The number of halogens is 4. The summed E-state index contributed by atoms with van der Waals surface area (Å²) in [5, 5.41) is 10.5. The van der Waals surface area contributed by atoms with Crippen molar-refractivity contribution >= 4 is 35.2 Å². The number of alkyl halides is 3. The number of anilines is 1. The van der Waals surface area contributed by atoms with E-state index in [-0.39, 0.29) is 29.5 Å². The van der Waals surface area contributed by atoms with Gasteiger partial charge in [0.15, 0.2) is 17.3 Å². The van der Waals surface area contributed by atoms with Gasteiger partial charge in [-0.1, -0.05) is 6.07 Å². The zero-order chi connectivity index (χ0) is 34.9. The van der Waals surface area contributed by atoms with Crippen molar-refractivity contribution in [2.24, 2.45) is 5.73 Å². The van der Waals surface area contributed by atoms with E-state index in [2.05, 4.69) is 25.9 Å². The Morgan fingerprint density at radius 3 is 2.28 bits per heavy atom. The van der Waals surface area contributed by atoms with Gasteiger partial charge in [0, 0.05) is 31.5 Å². The second kappa shape index (κ2) is 15.4. The molecule has 0 aliphatic carbocycles. The molecule has 6 N–H and O–H groups in total. The smallest absolute Gasteiger partial charge is 0.490 e. The number of nitrogen functional groups attached to an aromatic ring is 1. The molecule has 1 aromatic heterocycles. The fourth-order valence-electron chi connectivity index (χ4n) is 3.72. The van der Waals surface area contributed by atoms with Gasteiger partial charge in [0.25, 0.3) is 11.8 Å². The van der Waals surface area contributed by atoms with Gasteiger partial charge in [-0.3, -0.25) is 35.6 Å². The van der Waals surface area contributed by atoms with Crippen molar-refractivity contribution in [2.45, 2.75) is 25.4 Å². The highest BCUT2D eigenvalue weighted by atomic mass is 19.4. The second-order valence-electron chi connectivity index (χ2n) is 9.59. The number of nitrogens with one attached hydrogen (secondary N) is 4. The molecule has 3 rings (SSSR count). The third kappa shape index (κ3) is 9.52. The number of nitrogens with two attached hydrogens (primary N) is 1. The molecule has 0 aliphatic rings. The van der Waals surface area contributed by atoms with Crippen LogP contribution in [0.3, 0.4) is 0 Å². The van der Waals surface area contributed by atoms with Gasteiger partial charge in [-0.25, -0.2) is 9.18 Å². The first-order valence-electron chi connectivity index (χ1n) is 13.4. The number of nitrogens with zero attached hydrogens (tertiary/aromatic N) is 2. The fraction of sp³-hybridized carbons (Fsp3) is 0.241. The number of carbonyl (C=O) groups excluding carboxylic acids is 4. The Labute approximate surface area is 264 Å². The van der Waals surface area contributed by atoms with Gasteiger partial charge in [-0.05, 0) is 55.0 Å². The van der Waals surface area contributed by atoms with Crippen LogP contribution in [0.2, 0.25) is 0 Å². The van der Waals surface area contributed by atoms with E-state index in [1.54, 1.807) is 6.92 Å². The Morgan fingerprint density at radius 2 is 1.70 bits per heavy atom. The maximum Gasteiger partial charge on any atom is 0.491 e. The molecule has 0 saturated carbocycles. The minimum Gasteiger partial charge on any atom is -0.490 e. The van der Waals surface area contributed by atoms with Crippen LogP contribution < -0.4 is 31.4 Å². The summed E-state index contributed by atoms with van der Waals surface area (Å²) >= 11 is 0. The highest BCUT2D eigenvalue weighted by Gasteiger charge is 2.44. The quantitative estimate of drug-likeness (QED) is 0.0479. The lowest BCUT2D eigenvalue weighted by atomic mass is 10.0. The molecule has 3 aromatic rings. The molecule has 0 saturated heterocycles. The van der Waals surface area contributed by atoms with Crippen molar-refractivity contribution in [3.05, 3.63) is 83.4 Å². The summed E-state index contributed by atoms with van der Waals surface area (Å²) in [7, 11) is 2.40. The number of ether oxygens (including phenoxy) is 3. The highest BCUT2D eigenvalue weighted by molar-refractivity contribution is 5.97. The van der Waals surface area contributed by atoms with Gasteiger partial charge in [-0.15, -0.1) is 0 Å². The monoisotopic (exact) mass is 663 g/mol. The average Bonchev–Trinajstić information content (AvgIpc) is 3.02. The lowest BCUT2D eigenvalue weighted by molar-refractivity contribution is -0.217. The van der Waals surface area contributed by atoms with E-state index >= 15 is 0 Å². The number of carbonyl (C=O) groups is 4. The molecule has 0 aliphatic heterocycles. The molecule has 2 atom stereocenters. The Morgan fingerprint density at radius 1 is 1.02 bits per heavy atom. The number of aromatic nitrogens is 1. The second-order valence-corrected chi connectivity index (χ2v) is 9.59. The molecule has 2 unspecified atom stereocenters. The largest absolute Gasteiger partial charge is 0.491 e. The van der Waals surface area contributed by atoms with Crippen molar-refractivity contribution in [1.29, 1.82) is 5.41 Å². The molecule has 0 fully saturated rings. The molecular formula is C29H29F4N7O7. The molecule has 0 bridgehead atoms. The van der Waals surface area contributed by atoms with Crippen molar-refractivity contribution in [2.75, 3.05) is 26.0 Å². The van der Waals surface area contributed by atoms with E-state index < -0.39 is 53.6 Å². The van der Waals surface area contributed by atoms with Crippen LogP contribution in [0.1, 0.15) is 34.5 Å². The zero-order valence-corrected chi connectivity index (χ0v) is 25.0. The third-order valence-electron chi connectivity index (χ3n) is 6.01. The summed E-state index contributed by atoms with van der Waals surface area (Å²) in [6, 6.07) is 9.47. The lowest BCUT2D eigenvalue weighted by Gasteiger charge is -2.24. The molecule has 18 heteroatoms. The molecule has 3 amide bonds. The van der Waals surface area contributed by atoms with Gasteiger partial charge in [0.05, 0.1) is 18.4 Å². The predicted octanol–water partition coefficient (Wildman–Crippen LogP) is 2.42. The molecule has 1 heterocycles. The minimum absolute atomic E-state index is 0.0151. The van der Waals surface area contributed by atoms with E-state index in [0.29, 0.717) is 11.3 Å². The standard InChI is InChI=1S/C29H29F4N7O7/c1-4-45-21-13-16(7-10-20(21)46-27(26(43)40(2)3)47-28(44)29(31,32)33)22(37-17-8-5-15(6-9-17)23(34)35)25(42)39-38-24(41)18-11-12-36-14-19(18)30/h5-14,22,27,37H,4H2,1-3H3,(H3,34,35)(H,38,41)(H,39,42). The number of likely N-dealkylation sites (N-methyl/N-ethyl adjacent to an activating group) is 1. The van der Waals surface area contributed by atoms with E-state index in [1.165, 1.54) is 56.7 Å². The lowest BCUT2D eigenvalue weighted by Crippen LogP contribution is -2.45. The topological polar surface area (TPSA) is 198 Å². The summed E-state index contributed by atoms with van der Waals surface area (Å²) in [4.78, 5) is 54.4. The molecule has 2 aromatic carbocycles. The number of amides is 3. The van der Waals surface area contributed by atoms with E-state index in [9.17, 15) is 36.7 Å². The maximum atomic E-state index is 14.0. The molecule has 0 spiro atoms. The minimum atomic E-state index is -5.42. The fourth-order valence-corrected chi connectivity index (χ4v) is 3.72. The van der Waals surface area contributed by atoms with Crippen LogP contribution in [0, 0.1) is 11.2 Å². The first kappa shape index (κ1) is 35.5. The molecule has 14 nitrogen and oxygen atoms in total. The van der Waals surface area contributed by atoms with Crippen molar-refractivity contribution < 1.29 is 51.0 Å². The van der Waals surface area contributed by atoms with Crippen molar-refractivity contribution in [3.63, 3.8) is 0 Å². The van der Waals surface area contributed by atoms with Crippen LogP contribution in [0.15, 0.2) is 60.9 Å². The normalized spacial score (nSPS) is 12.1. The number of amidine groups is 1. The highest BCUT2D eigenvalue weighted by Crippen LogP contribution is 2.33. The molecular weight excluding hydrogens is 634 g/mol.